The molecule has 0 saturated heterocycles. The third-order valence-electron chi connectivity index (χ3n) is 5.01. The van der Waals surface area contributed by atoms with Crippen molar-refractivity contribution in [3.05, 3.63) is 92.4 Å². The van der Waals surface area contributed by atoms with Crippen LogP contribution in [0.2, 0.25) is 15.1 Å². The van der Waals surface area contributed by atoms with E-state index < -0.39 is 0 Å². The van der Waals surface area contributed by atoms with Gasteiger partial charge in [0.25, 0.3) is 0 Å². The number of ether oxygens (including phenoxy) is 2. The molecule has 0 bridgehead atoms. The normalized spacial score (nSPS) is 11.9. The molecule has 3 nitrogen and oxygen atoms in total. The van der Waals surface area contributed by atoms with Crippen LogP contribution in [-0.4, -0.2) is 7.11 Å². The van der Waals surface area contributed by atoms with Crippen LogP contribution >= 0.6 is 34.8 Å². The van der Waals surface area contributed by atoms with Gasteiger partial charge >= 0.3 is 0 Å². The maximum absolute atomic E-state index is 6.55. The van der Waals surface area contributed by atoms with Crippen LogP contribution in [-0.2, 0) is 13.2 Å². The van der Waals surface area contributed by atoms with Gasteiger partial charge in [-0.3, -0.25) is 0 Å². The Hall–Kier alpha value is -1.91. The van der Waals surface area contributed by atoms with Crippen molar-refractivity contribution in [1.82, 2.24) is 5.32 Å². The first-order valence-corrected chi connectivity index (χ1v) is 11.4. The minimum atomic E-state index is 0.260. The summed E-state index contributed by atoms with van der Waals surface area (Å²) in [7, 11) is 1.61. The summed E-state index contributed by atoms with van der Waals surface area (Å²) in [5, 5.41) is 5.26. The second-order valence-corrected chi connectivity index (χ2v) is 8.52. The van der Waals surface area contributed by atoms with Gasteiger partial charge < -0.3 is 14.8 Å². The summed E-state index contributed by atoms with van der Waals surface area (Å²) in [6.07, 6.45) is 2.15. The second kappa shape index (κ2) is 11.6. The Kier molecular flexibility index (Phi) is 8.91. The lowest BCUT2D eigenvalue weighted by atomic mass is 10.0. The van der Waals surface area contributed by atoms with Gasteiger partial charge in [-0.1, -0.05) is 84.5 Å². The van der Waals surface area contributed by atoms with Crippen molar-refractivity contribution >= 4 is 34.8 Å². The lowest BCUT2D eigenvalue weighted by Crippen LogP contribution is -2.20. The lowest BCUT2D eigenvalue weighted by Gasteiger charge is -2.20. The quantitative estimate of drug-likeness (QED) is 0.321. The summed E-state index contributed by atoms with van der Waals surface area (Å²) in [6.45, 7) is 3.12. The molecule has 3 aromatic carbocycles. The van der Waals surface area contributed by atoms with Crippen LogP contribution < -0.4 is 14.8 Å². The maximum Gasteiger partial charge on any atom is 0.180 e. The zero-order chi connectivity index (χ0) is 22.2. The molecule has 164 valence electrons. The highest BCUT2D eigenvalue weighted by molar-refractivity contribution is 6.35. The van der Waals surface area contributed by atoms with Crippen molar-refractivity contribution in [2.24, 2.45) is 0 Å². The number of methoxy groups -OCH3 is 1. The summed E-state index contributed by atoms with van der Waals surface area (Å²) in [5.74, 6) is 1.08. The first-order chi connectivity index (χ1) is 15.0. The highest BCUT2D eigenvalue weighted by Gasteiger charge is 2.15. The molecule has 0 radical (unpaired) electrons. The van der Waals surface area contributed by atoms with Gasteiger partial charge in [0.15, 0.2) is 11.5 Å². The van der Waals surface area contributed by atoms with Crippen LogP contribution in [0.5, 0.6) is 11.5 Å². The topological polar surface area (TPSA) is 30.5 Å². The van der Waals surface area contributed by atoms with Crippen LogP contribution in [0.1, 0.15) is 42.5 Å². The zero-order valence-electron chi connectivity index (χ0n) is 17.6. The summed E-state index contributed by atoms with van der Waals surface area (Å²) < 4.78 is 11.5. The van der Waals surface area contributed by atoms with Crippen LogP contribution in [0.4, 0.5) is 0 Å². The largest absolute Gasteiger partial charge is 0.493 e. The van der Waals surface area contributed by atoms with Gasteiger partial charge in [0.2, 0.25) is 0 Å². The molecule has 0 saturated carbocycles. The van der Waals surface area contributed by atoms with E-state index in [0.29, 0.717) is 33.1 Å². The van der Waals surface area contributed by atoms with E-state index in [0.717, 1.165) is 24.0 Å². The molecule has 1 unspecified atom stereocenters. The SMILES string of the molecule is CCCC(NCc1cc(Cl)c(OCc2ccc(Cl)cc2Cl)c(OC)c1)c1ccccc1. The number of rotatable bonds is 10. The third-order valence-corrected chi connectivity index (χ3v) is 5.88. The van der Waals surface area contributed by atoms with E-state index >= 15 is 0 Å². The van der Waals surface area contributed by atoms with Gasteiger partial charge in [-0.15, -0.1) is 0 Å². The molecule has 3 rings (SSSR count). The van der Waals surface area contributed by atoms with Gasteiger partial charge in [0.05, 0.1) is 12.1 Å². The molecule has 0 amide bonds. The number of benzene rings is 3. The van der Waals surface area contributed by atoms with Crippen LogP contribution in [0.25, 0.3) is 0 Å². The van der Waals surface area contributed by atoms with Crippen LogP contribution in [0.3, 0.4) is 0 Å². The van der Waals surface area contributed by atoms with Crippen molar-refractivity contribution < 1.29 is 9.47 Å². The molecular formula is C25H26Cl3NO2. The van der Waals surface area contributed by atoms with E-state index in [1.165, 1.54) is 5.56 Å². The predicted molar refractivity (Wildman–Crippen MR) is 130 cm³/mol. The van der Waals surface area contributed by atoms with Gasteiger partial charge in [-0.2, -0.15) is 0 Å². The third kappa shape index (κ3) is 6.54. The monoisotopic (exact) mass is 477 g/mol. The summed E-state index contributed by atoms with van der Waals surface area (Å²) in [4.78, 5) is 0. The van der Waals surface area contributed by atoms with E-state index in [9.17, 15) is 0 Å². The molecule has 0 aromatic heterocycles. The molecule has 6 heteroatoms. The van der Waals surface area contributed by atoms with Gasteiger partial charge in [0, 0.05) is 28.2 Å². The fourth-order valence-electron chi connectivity index (χ4n) is 3.41. The molecule has 0 aliphatic heterocycles. The first kappa shape index (κ1) is 23.7. The molecule has 1 atom stereocenters. The number of halogens is 3. The predicted octanol–water partition coefficient (Wildman–Crippen LogP) is 7.87. The van der Waals surface area contributed by atoms with Crippen LogP contribution in [0.15, 0.2) is 60.7 Å². The number of hydrogen-bond acceptors (Lipinski definition) is 3. The molecule has 0 spiro atoms. The first-order valence-electron chi connectivity index (χ1n) is 10.2. The van der Waals surface area contributed by atoms with E-state index in [1.807, 2.05) is 24.3 Å². The Morgan fingerprint density at radius 3 is 2.39 bits per heavy atom. The average Bonchev–Trinajstić information content (AvgIpc) is 2.77. The van der Waals surface area contributed by atoms with Crippen molar-refractivity contribution in [2.75, 3.05) is 7.11 Å². The summed E-state index contributed by atoms with van der Waals surface area (Å²) >= 11 is 18.8. The van der Waals surface area contributed by atoms with Crippen LogP contribution in [0, 0.1) is 0 Å². The van der Waals surface area contributed by atoms with Gasteiger partial charge in [0.1, 0.15) is 6.61 Å². The van der Waals surface area contributed by atoms with E-state index in [-0.39, 0.29) is 12.6 Å². The van der Waals surface area contributed by atoms with E-state index in [4.69, 9.17) is 44.3 Å². The Labute approximate surface area is 199 Å². The highest BCUT2D eigenvalue weighted by Crippen LogP contribution is 2.37. The molecule has 0 aliphatic carbocycles. The molecule has 3 aromatic rings. The summed E-state index contributed by atoms with van der Waals surface area (Å²) in [5.41, 5.74) is 3.12. The second-order valence-electron chi connectivity index (χ2n) is 7.27. The minimum absolute atomic E-state index is 0.260. The molecular weight excluding hydrogens is 453 g/mol. The van der Waals surface area contributed by atoms with Crippen molar-refractivity contribution in [2.45, 2.75) is 39.0 Å². The van der Waals surface area contributed by atoms with Gasteiger partial charge in [-0.25, -0.2) is 0 Å². The molecule has 31 heavy (non-hydrogen) atoms. The molecule has 1 N–H and O–H groups in total. The van der Waals surface area contributed by atoms with E-state index in [2.05, 4.69) is 36.5 Å². The molecule has 0 aliphatic rings. The Morgan fingerprint density at radius 1 is 0.935 bits per heavy atom. The minimum Gasteiger partial charge on any atom is -0.493 e. The van der Waals surface area contributed by atoms with E-state index in [1.54, 1.807) is 19.2 Å². The number of hydrogen-bond donors (Lipinski definition) is 1. The lowest BCUT2D eigenvalue weighted by molar-refractivity contribution is 0.284. The molecule has 0 heterocycles. The standard InChI is InChI=1S/C25H26Cl3NO2/c1-3-7-23(18-8-5-4-6-9-18)29-15-17-12-22(28)25(24(13-17)30-2)31-16-19-10-11-20(26)14-21(19)27/h4-6,8-14,23,29H,3,7,15-16H2,1-2H3. The fourth-order valence-corrected chi connectivity index (χ4v) is 4.16. The number of nitrogens with one attached hydrogen (secondary N) is 1. The highest BCUT2D eigenvalue weighted by atomic mass is 35.5. The van der Waals surface area contributed by atoms with Crippen molar-refractivity contribution in [1.29, 1.82) is 0 Å². The average molecular weight is 479 g/mol. The Balaban J connectivity index is 1.72. The fraction of sp³-hybridized carbons (Fsp3) is 0.280. The summed E-state index contributed by atoms with van der Waals surface area (Å²) in [6, 6.07) is 19.9. The smallest absolute Gasteiger partial charge is 0.180 e. The maximum atomic E-state index is 6.55. The van der Waals surface area contributed by atoms with Crippen molar-refractivity contribution in [3.63, 3.8) is 0 Å². The molecule has 0 fully saturated rings. The van der Waals surface area contributed by atoms with Gasteiger partial charge in [-0.05, 0) is 41.8 Å². The Bertz CT molecular complexity index is 996. The van der Waals surface area contributed by atoms with Crippen molar-refractivity contribution in [3.8, 4) is 11.5 Å². The zero-order valence-corrected chi connectivity index (χ0v) is 19.9. The Morgan fingerprint density at radius 2 is 1.71 bits per heavy atom.